The van der Waals surface area contributed by atoms with E-state index in [1.807, 2.05) is 25.1 Å². The first kappa shape index (κ1) is 18.6. The number of hydrogen-bond acceptors (Lipinski definition) is 6. The summed E-state index contributed by atoms with van der Waals surface area (Å²) >= 11 is 0. The van der Waals surface area contributed by atoms with Gasteiger partial charge in [0.25, 0.3) is 5.56 Å². The average molecular weight is 417 g/mol. The first-order chi connectivity index (χ1) is 14.9. The minimum atomic E-state index is -1.42. The molecule has 0 bridgehead atoms. The molecular formula is C24H23N3O4. The number of nitrogen functional groups attached to an aromatic ring is 1. The second-order valence-electron chi connectivity index (χ2n) is 8.83. The van der Waals surface area contributed by atoms with Crippen LogP contribution in [-0.4, -0.2) is 20.6 Å². The molecule has 1 atom stereocenters. The fourth-order valence-electron chi connectivity index (χ4n) is 5.54. The molecule has 2 aromatic heterocycles. The predicted octanol–water partition coefficient (Wildman–Crippen LogP) is 2.54. The molecule has 0 fully saturated rings. The van der Waals surface area contributed by atoms with Crippen molar-refractivity contribution in [3.05, 3.63) is 56.4 Å². The average Bonchev–Trinajstić information content (AvgIpc) is 3.08. The summed E-state index contributed by atoms with van der Waals surface area (Å²) < 4.78 is 6.96. The smallest absolute Gasteiger partial charge is 0.309 e. The van der Waals surface area contributed by atoms with E-state index in [4.69, 9.17) is 15.5 Å². The number of ether oxygens (including phenoxy) is 1. The van der Waals surface area contributed by atoms with E-state index in [9.17, 15) is 14.7 Å². The van der Waals surface area contributed by atoms with E-state index < -0.39 is 11.6 Å². The van der Waals surface area contributed by atoms with Gasteiger partial charge in [-0.2, -0.15) is 0 Å². The quantitative estimate of drug-likeness (QED) is 0.364. The molecule has 1 aliphatic carbocycles. The molecule has 158 valence electrons. The zero-order valence-electron chi connectivity index (χ0n) is 17.3. The number of esters is 1. The zero-order valence-corrected chi connectivity index (χ0v) is 17.3. The summed E-state index contributed by atoms with van der Waals surface area (Å²) in [6, 6.07) is 5.70. The maximum absolute atomic E-state index is 13.5. The van der Waals surface area contributed by atoms with Crippen LogP contribution in [0.3, 0.4) is 0 Å². The standard InChI is InChI=1S/C24H23N3O4/c1-2-24(30)9-20(28)31-11-15-16(24)8-19-22-14(10-27(19)23(15)29)12-4-3-5-13-17(25)6-7-18(26-22)21(12)13/h6-8,30H,2-5,9-11,25H2,1H3. The Hall–Kier alpha value is -3.19. The molecule has 31 heavy (non-hydrogen) atoms. The number of cyclic esters (lactones) is 1. The predicted molar refractivity (Wildman–Crippen MR) is 116 cm³/mol. The fourth-order valence-corrected chi connectivity index (χ4v) is 5.54. The number of nitrogens with zero attached hydrogens (tertiary/aromatic N) is 2. The highest BCUT2D eigenvalue weighted by atomic mass is 16.5. The number of hydrogen-bond donors (Lipinski definition) is 2. The highest BCUT2D eigenvalue weighted by Crippen LogP contribution is 2.43. The highest BCUT2D eigenvalue weighted by Gasteiger charge is 2.40. The number of carbonyl (C=O) groups excluding carboxylic acids is 1. The van der Waals surface area contributed by atoms with Gasteiger partial charge in [0.05, 0.1) is 35.4 Å². The van der Waals surface area contributed by atoms with Crippen molar-refractivity contribution in [3.8, 4) is 11.4 Å². The molecule has 0 radical (unpaired) electrons. The van der Waals surface area contributed by atoms with Crippen molar-refractivity contribution in [1.82, 2.24) is 9.55 Å². The van der Waals surface area contributed by atoms with Crippen molar-refractivity contribution in [3.63, 3.8) is 0 Å². The maximum Gasteiger partial charge on any atom is 0.309 e. The van der Waals surface area contributed by atoms with Gasteiger partial charge in [0.2, 0.25) is 0 Å². The third-order valence-corrected chi connectivity index (χ3v) is 7.22. The van der Waals surface area contributed by atoms with E-state index in [1.165, 1.54) is 5.56 Å². The van der Waals surface area contributed by atoms with Gasteiger partial charge in [-0.25, -0.2) is 4.98 Å². The molecule has 7 heteroatoms. The largest absolute Gasteiger partial charge is 0.460 e. The number of rotatable bonds is 1. The first-order valence-corrected chi connectivity index (χ1v) is 10.8. The van der Waals surface area contributed by atoms with E-state index in [2.05, 4.69) is 0 Å². The Balaban J connectivity index is 1.65. The lowest BCUT2D eigenvalue weighted by molar-refractivity contribution is -0.149. The van der Waals surface area contributed by atoms with Crippen LogP contribution in [0, 0.1) is 0 Å². The molecular weight excluding hydrogens is 394 g/mol. The van der Waals surface area contributed by atoms with Crippen LogP contribution in [0.1, 0.15) is 54.0 Å². The van der Waals surface area contributed by atoms with E-state index in [1.54, 1.807) is 4.57 Å². The second kappa shape index (κ2) is 6.17. The first-order valence-electron chi connectivity index (χ1n) is 10.8. The van der Waals surface area contributed by atoms with Crippen LogP contribution in [0.5, 0.6) is 0 Å². The van der Waals surface area contributed by atoms with Gasteiger partial charge in [-0.05, 0) is 60.6 Å². The van der Waals surface area contributed by atoms with Gasteiger partial charge in [-0.1, -0.05) is 6.92 Å². The van der Waals surface area contributed by atoms with Crippen molar-refractivity contribution < 1.29 is 14.6 Å². The lowest BCUT2D eigenvalue weighted by atomic mass is 9.85. The monoisotopic (exact) mass is 417 g/mol. The van der Waals surface area contributed by atoms with Crippen LogP contribution in [0.15, 0.2) is 23.0 Å². The van der Waals surface area contributed by atoms with Gasteiger partial charge < -0.3 is 20.1 Å². The minimum Gasteiger partial charge on any atom is -0.460 e. The second-order valence-corrected chi connectivity index (χ2v) is 8.83. The third-order valence-electron chi connectivity index (χ3n) is 7.22. The van der Waals surface area contributed by atoms with E-state index in [-0.39, 0.29) is 18.6 Å². The molecule has 3 aliphatic rings. The number of carbonyl (C=O) groups is 1. The third kappa shape index (κ3) is 2.41. The molecule has 0 spiro atoms. The molecule has 4 heterocycles. The van der Waals surface area contributed by atoms with Gasteiger partial charge in [0, 0.05) is 16.6 Å². The van der Waals surface area contributed by atoms with Crippen molar-refractivity contribution in [2.45, 2.75) is 57.8 Å². The van der Waals surface area contributed by atoms with Crippen molar-refractivity contribution in [1.29, 1.82) is 0 Å². The summed E-state index contributed by atoms with van der Waals surface area (Å²) in [5.41, 5.74) is 12.1. The molecule has 1 unspecified atom stereocenters. The van der Waals surface area contributed by atoms with Crippen LogP contribution in [-0.2, 0) is 41.1 Å². The number of aliphatic hydroxyl groups is 1. The lowest BCUT2D eigenvalue weighted by Gasteiger charge is -2.26. The van der Waals surface area contributed by atoms with Gasteiger partial charge >= 0.3 is 5.97 Å². The van der Waals surface area contributed by atoms with Crippen LogP contribution in [0.25, 0.3) is 22.3 Å². The number of aromatic nitrogens is 2. The van der Waals surface area contributed by atoms with Gasteiger partial charge in [-0.3, -0.25) is 9.59 Å². The molecule has 0 amide bonds. The van der Waals surface area contributed by atoms with Crippen LogP contribution in [0.2, 0.25) is 0 Å². The topological polar surface area (TPSA) is 107 Å². The van der Waals surface area contributed by atoms with Crippen molar-refractivity contribution in [2.24, 2.45) is 0 Å². The van der Waals surface area contributed by atoms with E-state index in [0.29, 0.717) is 29.8 Å². The number of pyridine rings is 2. The van der Waals surface area contributed by atoms with E-state index in [0.717, 1.165) is 52.7 Å². The molecule has 3 N–H and O–H groups in total. The molecule has 1 aromatic carbocycles. The molecule has 6 rings (SSSR count). The van der Waals surface area contributed by atoms with Crippen LogP contribution in [0.4, 0.5) is 5.69 Å². The molecule has 3 aromatic rings. The van der Waals surface area contributed by atoms with Crippen molar-refractivity contribution in [2.75, 3.05) is 5.73 Å². The van der Waals surface area contributed by atoms with E-state index >= 15 is 0 Å². The summed E-state index contributed by atoms with van der Waals surface area (Å²) in [5.74, 6) is -0.496. The molecule has 0 saturated heterocycles. The summed E-state index contributed by atoms with van der Waals surface area (Å²) in [7, 11) is 0. The van der Waals surface area contributed by atoms with Crippen LogP contribution < -0.4 is 11.3 Å². The SMILES string of the molecule is CCC1(O)CC(=O)OCc2c1cc1n(c2=O)Cc2c-1nc1ccc(N)c3c1c2CCC3. The Morgan fingerprint density at radius 1 is 1.19 bits per heavy atom. The fraction of sp³-hybridized carbons (Fsp3) is 0.375. The van der Waals surface area contributed by atoms with Gasteiger partial charge in [0.1, 0.15) is 12.2 Å². The van der Waals surface area contributed by atoms with Gasteiger partial charge in [0.15, 0.2) is 0 Å². The number of nitrogens with two attached hydrogens (primary N) is 1. The van der Waals surface area contributed by atoms with Crippen LogP contribution >= 0.6 is 0 Å². The Labute approximate surface area is 178 Å². The number of benzene rings is 1. The Bertz CT molecular complexity index is 1370. The van der Waals surface area contributed by atoms with Crippen molar-refractivity contribution >= 4 is 22.6 Å². The summed E-state index contributed by atoms with van der Waals surface area (Å²) in [6.45, 7) is 2.12. The summed E-state index contributed by atoms with van der Waals surface area (Å²) in [4.78, 5) is 30.5. The molecule has 7 nitrogen and oxygen atoms in total. The van der Waals surface area contributed by atoms with Gasteiger partial charge in [-0.15, -0.1) is 0 Å². The maximum atomic E-state index is 13.5. The Kier molecular flexibility index (Phi) is 3.69. The summed E-state index contributed by atoms with van der Waals surface area (Å²) in [6.07, 6.45) is 3.03. The minimum absolute atomic E-state index is 0.116. The number of aryl methyl sites for hydroxylation is 2. The number of anilines is 1. The molecule has 0 saturated carbocycles. The summed E-state index contributed by atoms with van der Waals surface area (Å²) in [5, 5.41) is 12.4. The molecule has 2 aliphatic heterocycles. The lowest BCUT2D eigenvalue weighted by Crippen LogP contribution is -2.32. The highest BCUT2D eigenvalue weighted by molar-refractivity contribution is 5.94. The number of fused-ring (bicyclic) bond motifs is 5. The zero-order chi connectivity index (χ0) is 21.5. The Morgan fingerprint density at radius 3 is 2.81 bits per heavy atom. The normalized spacial score (nSPS) is 21.3. The Morgan fingerprint density at radius 2 is 2.00 bits per heavy atom.